The van der Waals surface area contributed by atoms with Gasteiger partial charge >= 0.3 is 0 Å². The molecule has 0 aliphatic rings. The largest absolute Gasteiger partial charge is 0.507 e. The second-order valence-electron chi connectivity index (χ2n) is 9.03. The van der Waals surface area contributed by atoms with Gasteiger partial charge in [-0.3, -0.25) is 4.79 Å². The molecule has 1 amide bonds. The van der Waals surface area contributed by atoms with Crippen LogP contribution in [-0.2, 0) is 10.8 Å². The standard InChI is InChI=1S/C23H30N2O2/c1-15-8-10-17(11-9-15)21(27)25-24-14-16-12-18(22(2,3)4)20(26)19(13-16)23(5,6)7/h8-14,26H,1-7H3,(H,25,27)/b24-14-. The zero-order chi connectivity index (χ0) is 20.4. The summed E-state index contributed by atoms with van der Waals surface area (Å²) in [5.41, 5.74) is 6.38. The number of phenolic OH excluding ortho intramolecular Hbond substituents is 1. The first-order chi connectivity index (χ1) is 12.4. The van der Waals surface area contributed by atoms with Crippen LogP contribution in [-0.4, -0.2) is 17.2 Å². The normalized spacial score (nSPS) is 12.4. The maximum atomic E-state index is 12.2. The summed E-state index contributed by atoms with van der Waals surface area (Å²) in [4.78, 5) is 12.2. The van der Waals surface area contributed by atoms with Gasteiger partial charge in [0.1, 0.15) is 5.75 Å². The molecule has 0 atom stereocenters. The molecule has 0 saturated carbocycles. The number of hydrogen-bond donors (Lipinski definition) is 2. The number of nitrogens with one attached hydrogen (secondary N) is 1. The third-order valence-electron chi connectivity index (χ3n) is 4.44. The number of nitrogens with zero attached hydrogens (tertiary/aromatic N) is 1. The highest BCUT2D eigenvalue weighted by Gasteiger charge is 2.26. The van der Waals surface area contributed by atoms with E-state index >= 15 is 0 Å². The van der Waals surface area contributed by atoms with Crippen molar-refractivity contribution >= 4 is 12.1 Å². The first kappa shape index (κ1) is 20.7. The second-order valence-corrected chi connectivity index (χ2v) is 9.03. The third-order valence-corrected chi connectivity index (χ3v) is 4.44. The molecule has 2 aromatic carbocycles. The number of aryl methyl sites for hydroxylation is 1. The van der Waals surface area contributed by atoms with E-state index in [4.69, 9.17) is 0 Å². The molecule has 2 rings (SSSR count). The summed E-state index contributed by atoms with van der Waals surface area (Å²) in [7, 11) is 0. The third kappa shape index (κ3) is 5.19. The van der Waals surface area contributed by atoms with E-state index in [0.717, 1.165) is 22.3 Å². The van der Waals surface area contributed by atoms with Crippen molar-refractivity contribution in [2.45, 2.75) is 59.3 Å². The van der Waals surface area contributed by atoms with E-state index in [2.05, 4.69) is 52.1 Å². The molecule has 0 heterocycles. The highest BCUT2D eigenvalue weighted by Crippen LogP contribution is 2.39. The van der Waals surface area contributed by atoms with Crippen LogP contribution in [0.2, 0.25) is 0 Å². The van der Waals surface area contributed by atoms with Crippen molar-refractivity contribution in [1.82, 2.24) is 5.43 Å². The maximum Gasteiger partial charge on any atom is 0.271 e. The van der Waals surface area contributed by atoms with Crippen LogP contribution in [0, 0.1) is 6.92 Å². The van der Waals surface area contributed by atoms with Crippen molar-refractivity contribution in [3.8, 4) is 5.75 Å². The number of hydrogen-bond acceptors (Lipinski definition) is 3. The fourth-order valence-electron chi connectivity index (χ4n) is 2.81. The number of hydrazone groups is 1. The summed E-state index contributed by atoms with van der Waals surface area (Å²) in [6, 6.07) is 11.2. The monoisotopic (exact) mass is 366 g/mol. The number of phenols is 1. The molecule has 2 aromatic rings. The van der Waals surface area contributed by atoms with Crippen molar-refractivity contribution in [3.05, 3.63) is 64.2 Å². The molecule has 0 bridgehead atoms. The molecule has 144 valence electrons. The van der Waals surface area contributed by atoms with Crippen LogP contribution in [0.25, 0.3) is 0 Å². The van der Waals surface area contributed by atoms with Crippen molar-refractivity contribution in [3.63, 3.8) is 0 Å². The van der Waals surface area contributed by atoms with Gasteiger partial charge in [-0.2, -0.15) is 5.10 Å². The van der Waals surface area contributed by atoms with Crippen LogP contribution >= 0.6 is 0 Å². The lowest BCUT2D eigenvalue weighted by molar-refractivity contribution is 0.0955. The molecule has 0 radical (unpaired) electrons. The van der Waals surface area contributed by atoms with Gasteiger partial charge in [0.2, 0.25) is 0 Å². The van der Waals surface area contributed by atoms with Crippen LogP contribution in [0.1, 0.15) is 74.2 Å². The molecule has 0 spiro atoms. The van der Waals surface area contributed by atoms with Crippen molar-refractivity contribution in [1.29, 1.82) is 0 Å². The zero-order valence-corrected chi connectivity index (χ0v) is 17.3. The molecule has 27 heavy (non-hydrogen) atoms. The Morgan fingerprint density at radius 2 is 1.44 bits per heavy atom. The molecular weight excluding hydrogens is 336 g/mol. The Morgan fingerprint density at radius 1 is 0.963 bits per heavy atom. The SMILES string of the molecule is Cc1ccc(C(=O)N/N=C\c2cc(C(C)(C)C)c(O)c(C(C)(C)C)c2)cc1. The number of rotatable bonds is 3. The first-order valence-corrected chi connectivity index (χ1v) is 9.17. The number of amides is 1. The fourth-order valence-corrected chi connectivity index (χ4v) is 2.81. The van der Waals surface area contributed by atoms with Crippen LogP contribution in [0.4, 0.5) is 0 Å². The predicted molar refractivity (Wildman–Crippen MR) is 112 cm³/mol. The van der Waals surface area contributed by atoms with Gasteiger partial charge in [0, 0.05) is 16.7 Å². The van der Waals surface area contributed by atoms with Crippen molar-refractivity contribution in [2.75, 3.05) is 0 Å². The van der Waals surface area contributed by atoms with E-state index < -0.39 is 0 Å². The molecule has 0 fully saturated rings. The molecular formula is C23H30N2O2. The Bertz CT molecular complexity index is 816. The number of aromatic hydroxyl groups is 1. The lowest BCUT2D eigenvalue weighted by Crippen LogP contribution is -2.19. The number of carbonyl (C=O) groups is 1. The van der Waals surface area contributed by atoms with Gasteiger partial charge in [0.25, 0.3) is 5.91 Å². The van der Waals surface area contributed by atoms with Gasteiger partial charge in [0.05, 0.1) is 6.21 Å². The topological polar surface area (TPSA) is 61.7 Å². The second kappa shape index (κ2) is 7.55. The van der Waals surface area contributed by atoms with Crippen LogP contribution in [0.15, 0.2) is 41.5 Å². The summed E-state index contributed by atoms with van der Waals surface area (Å²) < 4.78 is 0. The molecule has 4 heteroatoms. The van der Waals surface area contributed by atoms with E-state index in [-0.39, 0.29) is 16.7 Å². The van der Waals surface area contributed by atoms with E-state index in [1.807, 2.05) is 31.2 Å². The average molecular weight is 367 g/mol. The van der Waals surface area contributed by atoms with Crippen molar-refractivity contribution < 1.29 is 9.90 Å². The molecule has 0 aliphatic heterocycles. The zero-order valence-electron chi connectivity index (χ0n) is 17.3. The quantitative estimate of drug-likeness (QED) is 0.589. The Kier molecular flexibility index (Phi) is 5.79. The molecule has 0 unspecified atom stereocenters. The van der Waals surface area contributed by atoms with Crippen molar-refractivity contribution in [2.24, 2.45) is 5.10 Å². The van der Waals surface area contributed by atoms with E-state index in [0.29, 0.717) is 11.3 Å². The molecule has 0 saturated heterocycles. The molecule has 0 aromatic heterocycles. The van der Waals surface area contributed by atoms with Crippen LogP contribution in [0.5, 0.6) is 5.75 Å². The summed E-state index contributed by atoms with van der Waals surface area (Å²) in [6.45, 7) is 14.4. The van der Waals surface area contributed by atoms with E-state index in [1.54, 1.807) is 18.3 Å². The van der Waals surface area contributed by atoms with Gasteiger partial charge in [-0.15, -0.1) is 0 Å². The lowest BCUT2D eigenvalue weighted by atomic mass is 9.78. The molecule has 4 nitrogen and oxygen atoms in total. The minimum absolute atomic E-state index is 0.209. The predicted octanol–water partition coefficient (Wildman–Crippen LogP) is 5.06. The van der Waals surface area contributed by atoms with Crippen LogP contribution in [0.3, 0.4) is 0 Å². The summed E-state index contributed by atoms with van der Waals surface area (Å²) in [5, 5.41) is 14.9. The summed E-state index contributed by atoms with van der Waals surface area (Å²) in [6.07, 6.45) is 1.62. The summed E-state index contributed by atoms with van der Waals surface area (Å²) >= 11 is 0. The number of benzene rings is 2. The van der Waals surface area contributed by atoms with Gasteiger partial charge in [0.15, 0.2) is 0 Å². The molecule has 0 aliphatic carbocycles. The fraction of sp³-hybridized carbons (Fsp3) is 0.391. The Hall–Kier alpha value is -2.62. The highest BCUT2D eigenvalue weighted by molar-refractivity contribution is 5.95. The lowest BCUT2D eigenvalue weighted by Gasteiger charge is -2.27. The Morgan fingerprint density at radius 3 is 1.89 bits per heavy atom. The maximum absolute atomic E-state index is 12.2. The number of carbonyl (C=O) groups excluding carboxylic acids is 1. The smallest absolute Gasteiger partial charge is 0.271 e. The summed E-state index contributed by atoms with van der Waals surface area (Å²) in [5.74, 6) is 0.0768. The minimum atomic E-state index is -0.253. The van der Waals surface area contributed by atoms with Crippen LogP contribution < -0.4 is 5.43 Å². The van der Waals surface area contributed by atoms with Gasteiger partial charge in [-0.1, -0.05) is 59.2 Å². The van der Waals surface area contributed by atoms with E-state index in [1.165, 1.54) is 0 Å². The van der Waals surface area contributed by atoms with E-state index in [9.17, 15) is 9.90 Å². The first-order valence-electron chi connectivity index (χ1n) is 9.17. The average Bonchev–Trinajstić information content (AvgIpc) is 2.54. The minimum Gasteiger partial charge on any atom is -0.507 e. The Balaban J connectivity index is 2.31. The van der Waals surface area contributed by atoms with Gasteiger partial charge < -0.3 is 5.11 Å². The van der Waals surface area contributed by atoms with Gasteiger partial charge in [-0.25, -0.2) is 5.43 Å². The molecule has 2 N–H and O–H groups in total. The highest BCUT2D eigenvalue weighted by atomic mass is 16.3. The van der Waals surface area contributed by atoms with Gasteiger partial charge in [-0.05, 0) is 47.6 Å². The Labute approximate surface area is 162 Å².